The fourth-order valence-electron chi connectivity index (χ4n) is 3.96. The standard InChI is InChI=1S/C26H30N2O2S/c1-18(2)13-15-30-21-10-8-20(9-11-21)25(29)24-22-12-14-28(17-23(22)31-26(24)27)16-19-6-4-3-5-7-19/h3-11,18H,12-17,27H2,1-2H3. The SMILES string of the molecule is CC(C)CCOc1ccc(C(=O)c2c(N)sc3c2CCN(Cc2ccccc2)C3)cc1. The topological polar surface area (TPSA) is 55.6 Å². The van der Waals surface area contributed by atoms with Crippen LogP contribution in [0.15, 0.2) is 54.6 Å². The Morgan fingerprint density at radius 2 is 1.87 bits per heavy atom. The number of nitrogens with zero attached hydrogens (tertiary/aromatic N) is 1. The number of nitrogen functional groups attached to an aromatic ring is 1. The summed E-state index contributed by atoms with van der Waals surface area (Å²) in [6.45, 7) is 7.74. The Balaban J connectivity index is 1.45. The van der Waals surface area contributed by atoms with Crippen molar-refractivity contribution in [2.75, 3.05) is 18.9 Å². The third kappa shape index (κ3) is 5.17. The molecule has 0 bridgehead atoms. The van der Waals surface area contributed by atoms with E-state index in [1.54, 1.807) is 11.3 Å². The van der Waals surface area contributed by atoms with Crippen LogP contribution in [0.1, 0.15) is 52.2 Å². The zero-order valence-electron chi connectivity index (χ0n) is 18.3. The summed E-state index contributed by atoms with van der Waals surface area (Å²) >= 11 is 1.56. The van der Waals surface area contributed by atoms with Gasteiger partial charge in [-0.3, -0.25) is 9.69 Å². The minimum absolute atomic E-state index is 0.0141. The molecule has 162 valence electrons. The number of anilines is 1. The highest BCUT2D eigenvalue weighted by Crippen LogP contribution is 2.37. The van der Waals surface area contributed by atoms with Crippen LogP contribution in [0.4, 0.5) is 5.00 Å². The Labute approximate surface area is 188 Å². The van der Waals surface area contributed by atoms with Gasteiger partial charge in [0.15, 0.2) is 5.78 Å². The van der Waals surface area contributed by atoms with Gasteiger partial charge in [-0.1, -0.05) is 44.2 Å². The molecule has 2 heterocycles. The molecule has 0 spiro atoms. The Morgan fingerprint density at radius 3 is 2.58 bits per heavy atom. The number of ketones is 1. The highest BCUT2D eigenvalue weighted by molar-refractivity contribution is 7.16. The van der Waals surface area contributed by atoms with E-state index in [1.807, 2.05) is 30.3 Å². The van der Waals surface area contributed by atoms with Crippen molar-refractivity contribution in [2.24, 2.45) is 5.92 Å². The molecule has 1 aliphatic rings. The summed E-state index contributed by atoms with van der Waals surface area (Å²) in [5, 5.41) is 0.633. The molecule has 0 fully saturated rings. The largest absolute Gasteiger partial charge is 0.494 e. The zero-order chi connectivity index (χ0) is 21.8. The first-order chi connectivity index (χ1) is 15.0. The summed E-state index contributed by atoms with van der Waals surface area (Å²) in [6.07, 6.45) is 1.87. The number of hydrogen-bond donors (Lipinski definition) is 1. The number of rotatable bonds is 8. The number of carbonyl (C=O) groups excluding carboxylic acids is 1. The molecule has 0 unspecified atom stereocenters. The maximum atomic E-state index is 13.3. The molecule has 31 heavy (non-hydrogen) atoms. The molecule has 1 aromatic heterocycles. The van der Waals surface area contributed by atoms with Gasteiger partial charge in [-0.2, -0.15) is 0 Å². The van der Waals surface area contributed by atoms with Gasteiger partial charge in [0.05, 0.1) is 17.2 Å². The van der Waals surface area contributed by atoms with E-state index >= 15 is 0 Å². The summed E-state index contributed by atoms with van der Waals surface area (Å²) in [5.41, 5.74) is 10.1. The van der Waals surface area contributed by atoms with Crippen molar-refractivity contribution < 1.29 is 9.53 Å². The second-order valence-corrected chi connectivity index (χ2v) is 9.71. The number of thiophene rings is 1. The van der Waals surface area contributed by atoms with E-state index in [2.05, 4.69) is 43.0 Å². The molecule has 3 aromatic rings. The van der Waals surface area contributed by atoms with Crippen LogP contribution in [0.5, 0.6) is 5.75 Å². The van der Waals surface area contributed by atoms with Crippen molar-refractivity contribution >= 4 is 22.1 Å². The first-order valence-corrected chi connectivity index (χ1v) is 11.8. The predicted molar refractivity (Wildman–Crippen MR) is 128 cm³/mol. The predicted octanol–water partition coefficient (Wildman–Crippen LogP) is 5.54. The van der Waals surface area contributed by atoms with Gasteiger partial charge in [-0.15, -0.1) is 11.3 Å². The van der Waals surface area contributed by atoms with Gasteiger partial charge >= 0.3 is 0 Å². The second kappa shape index (κ2) is 9.67. The van der Waals surface area contributed by atoms with Crippen molar-refractivity contribution in [3.8, 4) is 5.75 Å². The smallest absolute Gasteiger partial charge is 0.196 e. The molecule has 5 heteroatoms. The summed E-state index contributed by atoms with van der Waals surface area (Å²) in [7, 11) is 0. The lowest BCUT2D eigenvalue weighted by molar-refractivity contribution is 0.103. The summed E-state index contributed by atoms with van der Waals surface area (Å²) < 4.78 is 5.78. The summed E-state index contributed by atoms with van der Waals surface area (Å²) in [6, 6.07) is 18.0. The number of hydrogen-bond acceptors (Lipinski definition) is 5. The van der Waals surface area contributed by atoms with Gasteiger partial charge in [-0.05, 0) is 54.2 Å². The maximum absolute atomic E-state index is 13.3. The van der Waals surface area contributed by atoms with Crippen LogP contribution in [0.3, 0.4) is 0 Å². The Bertz CT molecular complexity index is 1030. The van der Waals surface area contributed by atoms with Crippen LogP contribution >= 0.6 is 11.3 Å². The minimum atomic E-state index is 0.0141. The molecule has 0 saturated carbocycles. The van der Waals surface area contributed by atoms with E-state index in [-0.39, 0.29) is 5.78 Å². The van der Waals surface area contributed by atoms with Gasteiger partial charge in [-0.25, -0.2) is 0 Å². The van der Waals surface area contributed by atoms with Gasteiger partial charge in [0.2, 0.25) is 0 Å². The average Bonchev–Trinajstić information content (AvgIpc) is 3.09. The molecule has 0 aliphatic carbocycles. The highest BCUT2D eigenvalue weighted by Gasteiger charge is 2.27. The summed E-state index contributed by atoms with van der Waals surface area (Å²) in [4.78, 5) is 16.9. The number of ether oxygens (including phenoxy) is 1. The molecule has 0 amide bonds. The Kier molecular flexibility index (Phi) is 6.73. The molecule has 2 N–H and O–H groups in total. The molecular formula is C26H30N2O2S. The molecule has 0 radical (unpaired) electrons. The van der Waals surface area contributed by atoms with E-state index < -0.39 is 0 Å². The van der Waals surface area contributed by atoms with Crippen LogP contribution in [0.25, 0.3) is 0 Å². The number of nitrogens with two attached hydrogens (primary N) is 1. The molecule has 0 saturated heterocycles. The van der Waals surface area contributed by atoms with E-state index in [0.29, 0.717) is 28.7 Å². The van der Waals surface area contributed by atoms with Crippen LogP contribution in [-0.4, -0.2) is 23.8 Å². The lowest BCUT2D eigenvalue weighted by Gasteiger charge is -2.27. The lowest BCUT2D eigenvalue weighted by atomic mass is 9.96. The van der Waals surface area contributed by atoms with E-state index in [9.17, 15) is 4.79 Å². The average molecular weight is 435 g/mol. The van der Waals surface area contributed by atoms with Crippen LogP contribution in [-0.2, 0) is 19.5 Å². The zero-order valence-corrected chi connectivity index (χ0v) is 19.1. The van der Waals surface area contributed by atoms with Gasteiger partial charge < -0.3 is 10.5 Å². The van der Waals surface area contributed by atoms with Crippen molar-refractivity contribution in [1.29, 1.82) is 0 Å². The molecule has 4 nitrogen and oxygen atoms in total. The Morgan fingerprint density at radius 1 is 1.13 bits per heavy atom. The maximum Gasteiger partial charge on any atom is 0.196 e. The molecule has 2 aromatic carbocycles. The van der Waals surface area contributed by atoms with E-state index in [4.69, 9.17) is 10.5 Å². The normalized spacial score (nSPS) is 13.9. The van der Waals surface area contributed by atoms with Crippen molar-refractivity contribution in [1.82, 2.24) is 4.90 Å². The molecule has 4 rings (SSSR count). The van der Waals surface area contributed by atoms with E-state index in [0.717, 1.165) is 43.8 Å². The van der Waals surface area contributed by atoms with Crippen molar-refractivity contribution in [3.63, 3.8) is 0 Å². The summed E-state index contributed by atoms with van der Waals surface area (Å²) in [5.74, 6) is 1.42. The highest BCUT2D eigenvalue weighted by atomic mass is 32.1. The van der Waals surface area contributed by atoms with Gasteiger partial charge in [0, 0.05) is 30.1 Å². The number of carbonyl (C=O) groups is 1. The van der Waals surface area contributed by atoms with Crippen LogP contribution in [0.2, 0.25) is 0 Å². The fourth-order valence-corrected chi connectivity index (χ4v) is 5.12. The quantitative estimate of drug-likeness (QED) is 0.473. The van der Waals surface area contributed by atoms with Crippen molar-refractivity contribution in [3.05, 3.63) is 81.7 Å². The first kappa shape index (κ1) is 21.6. The second-order valence-electron chi connectivity index (χ2n) is 8.57. The first-order valence-electron chi connectivity index (χ1n) is 10.9. The van der Waals surface area contributed by atoms with Crippen LogP contribution in [0, 0.1) is 5.92 Å². The van der Waals surface area contributed by atoms with E-state index in [1.165, 1.54) is 10.4 Å². The molecule has 1 aliphatic heterocycles. The Hall–Kier alpha value is -2.63. The monoisotopic (exact) mass is 434 g/mol. The molecule has 0 atom stereocenters. The molecular weight excluding hydrogens is 404 g/mol. The fraction of sp³-hybridized carbons (Fsp3) is 0.346. The van der Waals surface area contributed by atoms with Crippen LogP contribution < -0.4 is 10.5 Å². The third-order valence-electron chi connectivity index (χ3n) is 5.72. The number of benzene rings is 2. The van der Waals surface area contributed by atoms with Gasteiger partial charge in [0.1, 0.15) is 5.75 Å². The number of fused-ring (bicyclic) bond motifs is 1. The lowest BCUT2D eigenvalue weighted by Crippen LogP contribution is -2.29. The van der Waals surface area contributed by atoms with Crippen molar-refractivity contribution in [2.45, 2.75) is 39.8 Å². The van der Waals surface area contributed by atoms with Gasteiger partial charge in [0.25, 0.3) is 0 Å². The third-order valence-corrected chi connectivity index (χ3v) is 6.77. The minimum Gasteiger partial charge on any atom is -0.494 e.